The topological polar surface area (TPSA) is 154 Å². The first-order valence-electron chi connectivity index (χ1n) is 15.6. The van der Waals surface area contributed by atoms with E-state index in [9.17, 15) is 32.4 Å². The zero-order chi connectivity index (χ0) is 36.9. The summed E-state index contributed by atoms with van der Waals surface area (Å²) in [6, 6.07) is 6.71. The fourth-order valence-corrected chi connectivity index (χ4v) is 6.93. The summed E-state index contributed by atoms with van der Waals surface area (Å²) < 4.78 is 30.1. The molecule has 4 heterocycles. The third kappa shape index (κ3) is 8.85. The minimum absolute atomic E-state index is 0.0324. The molecule has 2 aliphatic heterocycles. The number of benzene rings is 1. The molecule has 0 radical (unpaired) electrons. The Kier molecular flexibility index (Phi) is 12.8. The highest BCUT2D eigenvalue weighted by Gasteiger charge is 2.46. The lowest BCUT2D eigenvalue weighted by Crippen LogP contribution is -2.45. The van der Waals surface area contributed by atoms with Crippen molar-refractivity contribution >= 4 is 27.7 Å². The van der Waals surface area contributed by atoms with Gasteiger partial charge in [0.15, 0.2) is 0 Å². The van der Waals surface area contributed by atoms with Crippen molar-refractivity contribution in [1.82, 2.24) is 27.9 Å². The predicted octanol–water partition coefficient (Wildman–Crippen LogP) is 4.16. The van der Waals surface area contributed by atoms with Crippen molar-refractivity contribution in [2.75, 3.05) is 0 Å². The quantitative estimate of drug-likeness (QED) is 0.373. The lowest BCUT2D eigenvalue weighted by molar-refractivity contribution is -0.138. The van der Waals surface area contributed by atoms with E-state index in [0.717, 1.165) is 10.1 Å². The SMILES string of the molecule is CC(C)(C)N1C(=O)c2ccccc2S1(=O)=O.CC(C)N1C(=O)C=CC1=O.Cc1cn(C)c(=O)n(C(C)C)c1=O.Cc1nccn1C(C)C. The Morgan fingerprint density at radius 3 is 1.71 bits per heavy atom. The van der Waals surface area contributed by atoms with Crippen LogP contribution in [-0.4, -0.2) is 65.6 Å². The normalized spacial score (nSPS) is 14.9. The number of fused-ring (bicyclic) bond motifs is 1. The Hall–Kier alpha value is -4.59. The monoisotopic (exact) mass is 684 g/mol. The molecule has 0 N–H and O–H groups in total. The van der Waals surface area contributed by atoms with Gasteiger partial charge in [-0.1, -0.05) is 12.1 Å². The highest BCUT2D eigenvalue weighted by Crippen LogP contribution is 2.35. The van der Waals surface area contributed by atoms with Crippen molar-refractivity contribution in [2.24, 2.45) is 7.05 Å². The zero-order valence-electron chi connectivity index (χ0n) is 29.9. The Balaban J connectivity index is 0.000000228. The highest BCUT2D eigenvalue weighted by atomic mass is 32.2. The predicted molar refractivity (Wildman–Crippen MR) is 184 cm³/mol. The van der Waals surface area contributed by atoms with E-state index >= 15 is 0 Å². The minimum atomic E-state index is -3.67. The van der Waals surface area contributed by atoms with Gasteiger partial charge >= 0.3 is 5.69 Å². The molecule has 0 unspecified atom stereocenters. The van der Waals surface area contributed by atoms with E-state index in [1.54, 1.807) is 59.1 Å². The van der Waals surface area contributed by atoms with Gasteiger partial charge in [-0.05, 0) is 88.3 Å². The number of carbonyl (C=O) groups excluding carboxylic acids is 3. The Morgan fingerprint density at radius 2 is 1.33 bits per heavy atom. The van der Waals surface area contributed by atoms with Gasteiger partial charge in [-0.25, -0.2) is 22.5 Å². The van der Waals surface area contributed by atoms with Crippen LogP contribution in [0, 0.1) is 13.8 Å². The third-order valence-corrected chi connectivity index (χ3v) is 9.28. The Morgan fingerprint density at radius 1 is 0.792 bits per heavy atom. The summed E-state index contributed by atoms with van der Waals surface area (Å²) in [6.45, 7) is 20.4. The smallest absolute Gasteiger partial charge is 0.330 e. The van der Waals surface area contributed by atoms with Gasteiger partial charge in [0, 0.05) is 61.5 Å². The van der Waals surface area contributed by atoms with E-state index in [1.807, 2.05) is 47.0 Å². The standard InChI is InChI=1S/C11H13NO3S.C9H14N2O2.C7H12N2.C7H9NO2/c1-11(2,3)12-10(13)8-6-4-5-7-9(8)16(12,14)15;1-6(2)11-8(12)7(3)5-10(4)9(11)13;1-6(2)9-5-4-8-7(9)3;1-5(2)8-6(9)3-4-7(8)10/h4-7H,1-3H3;5-6H,1-4H3;4-6H,1-3H3;3-5H,1-2H3. The molecule has 0 spiro atoms. The molecule has 0 saturated heterocycles. The first-order chi connectivity index (χ1) is 22.0. The number of amides is 3. The van der Waals surface area contributed by atoms with Gasteiger partial charge in [0.05, 0.1) is 11.1 Å². The molecule has 3 amide bonds. The van der Waals surface area contributed by atoms with Crippen molar-refractivity contribution in [3.8, 4) is 0 Å². The van der Waals surface area contributed by atoms with Crippen molar-refractivity contribution in [3.05, 3.63) is 92.8 Å². The second kappa shape index (κ2) is 15.5. The van der Waals surface area contributed by atoms with Crippen molar-refractivity contribution in [2.45, 2.75) is 105 Å². The van der Waals surface area contributed by atoms with Crippen LogP contribution in [0.3, 0.4) is 0 Å². The van der Waals surface area contributed by atoms with E-state index in [0.29, 0.717) is 11.6 Å². The number of hydrogen-bond donors (Lipinski definition) is 0. The van der Waals surface area contributed by atoms with Gasteiger partial charge < -0.3 is 9.13 Å². The largest absolute Gasteiger partial charge is 0.333 e. The van der Waals surface area contributed by atoms with Gasteiger partial charge in [-0.15, -0.1) is 0 Å². The summed E-state index contributed by atoms with van der Waals surface area (Å²) in [4.78, 5) is 62.2. The van der Waals surface area contributed by atoms with E-state index < -0.39 is 21.5 Å². The van der Waals surface area contributed by atoms with Crippen molar-refractivity contribution in [1.29, 1.82) is 0 Å². The molecule has 2 aromatic heterocycles. The summed E-state index contributed by atoms with van der Waals surface area (Å²) in [5.41, 5.74) is -0.341. The number of hydrogen-bond acceptors (Lipinski definition) is 8. The molecule has 262 valence electrons. The van der Waals surface area contributed by atoms with E-state index in [-0.39, 0.29) is 45.6 Å². The number of carbonyl (C=O) groups is 3. The summed E-state index contributed by atoms with van der Waals surface area (Å²) in [5.74, 6) is 0.230. The second-order valence-corrected chi connectivity index (χ2v) is 14.9. The maximum atomic E-state index is 12.1. The van der Waals surface area contributed by atoms with Gasteiger partial charge in [-0.2, -0.15) is 0 Å². The molecular weight excluding hydrogens is 636 g/mol. The van der Waals surface area contributed by atoms with Crippen LogP contribution in [0.1, 0.15) is 96.1 Å². The molecule has 1 aromatic carbocycles. The van der Waals surface area contributed by atoms with Crippen LogP contribution in [0.2, 0.25) is 0 Å². The van der Waals surface area contributed by atoms with Gasteiger partial charge in [-0.3, -0.25) is 28.6 Å². The lowest BCUT2D eigenvalue weighted by Gasteiger charge is -2.29. The van der Waals surface area contributed by atoms with Gasteiger partial charge in [0.1, 0.15) is 10.7 Å². The van der Waals surface area contributed by atoms with Crippen LogP contribution in [-0.2, 0) is 26.7 Å². The van der Waals surface area contributed by atoms with Crippen LogP contribution >= 0.6 is 0 Å². The number of rotatable bonds is 3. The molecule has 0 fully saturated rings. The van der Waals surface area contributed by atoms with E-state index in [2.05, 4.69) is 23.4 Å². The van der Waals surface area contributed by atoms with Crippen LogP contribution in [0.15, 0.2) is 69.5 Å². The fourth-order valence-electron chi connectivity index (χ4n) is 5.01. The molecule has 3 aromatic rings. The fraction of sp³-hybridized carbons (Fsp3) is 0.471. The number of imide groups is 1. The summed E-state index contributed by atoms with van der Waals surface area (Å²) >= 11 is 0. The van der Waals surface area contributed by atoms with Crippen molar-refractivity contribution < 1.29 is 22.8 Å². The first kappa shape index (κ1) is 39.6. The Bertz CT molecular complexity index is 1860. The molecule has 0 saturated carbocycles. The number of sulfonamides is 1. The molecule has 0 bridgehead atoms. The molecule has 5 rings (SSSR count). The summed E-state index contributed by atoms with van der Waals surface area (Å²) in [7, 11) is -2.02. The number of aromatic nitrogens is 4. The van der Waals surface area contributed by atoms with Crippen molar-refractivity contribution in [3.63, 3.8) is 0 Å². The summed E-state index contributed by atoms with van der Waals surface area (Å²) in [5, 5.41) is 0. The average molecular weight is 685 g/mol. The highest BCUT2D eigenvalue weighted by molar-refractivity contribution is 7.90. The average Bonchev–Trinajstić information content (AvgIpc) is 3.61. The van der Waals surface area contributed by atoms with Crippen LogP contribution in [0.25, 0.3) is 0 Å². The second-order valence-electron chi connectivity index (χ2n) is 13.2. The van der Waals surface area contributed by atoms with Crippen LogP contribution in [0.4, 0.5) is 0 Å². The molecular formula is C34H48N6O7S. The number of imidazole rings is 1. The Labute approximate surface area is 282 Å². The molecule has 48 heavy (non-hydrogen) atoms. The van der Waals surface area contributed by atoms with E-state index in [4.69, 9.17) is 0 Å². The zero-order valence-corrected chi connectivity index (χ0v) is 30.7. The molecule has 14 heteroatoms. The van der Waals surface area contributed by atoms with Crippen LogP contribution in [0.5, 0.6) is 0 Å². The van der Waals surface area contributed by atoms with E-state index in [1.165, 1.54) is 32.3 Å². The minimum Gasteiger partial charge on any atom is -0.333 e. The number of aryl methyl sites for hydroxylation is 3. The van der Waals surface area contributed by atoms with Gasteiger partial charge in [0.2, 0.25) is 0 Å². The maximum Gasteiger partial charge on any atom is 0.330 e. The third-order valence-electron chi connectivity index (χ3n) is 7.18. The van der Waals surface area contributed by atoms with Gasteiger partial charge in [0.25, 0.3) is 33.3 Å². The maximum absolute atomic E-state index is 12.1. The molecule has 13 nitrogen and oxygen atoms in total. The molecule has 0 aliphatic carbocycles. The molecule has 0 atom stereocenters. The summed E-state index contributed by atoms with van der Waals surface area (Å²) in [6.07, 6.45) is 7.98. The first-order valence-corrected chi connectivity index (χ1v) is 17.0. The molecule has 2 aliphatic rings. The van der Waals surface area contributed by atoms with Crippen LogP contribution < -0.4 is 11.2 Å². The number of nitrogens with zero attached hydrogens (tertiary/aromatic N) is 6. The lowest BCUT2D eigenvalue weighted by atomic mass is 10.1.